The Morgan fingerprint density at radius 3 is 2.86 bits per heavy atom. The summed E-state index contributed by atoms with van der Waals surface area (Å²) >= 11 is 0.974. The lowest BCUT2D eigenvalue weighted by Crippen LogP contribution is -1.82. The lowest BCUT2D eigenvalue weighted by Gasteiger charge is -1.93. The minimum Gasteiger partial charge on any atom is -0.298 e. The maximum Gasteiger partial charge on any atom is 0.240 e. The molecule has 6 heteroatoms. The molecule has 0 atom stereocenters. The van der Waals surface area contributed by atoms with E-state index in [1.165, 1.54) is 6.08 Å². The summed E-state index contributed by atoms with van der Waals surface area (Å²) in [6.07, 6.45) is 2.12. The molecular formula is C8H3N3O2S. The van der Waals surface area contributed by atoms with Crippen molar-refractivity contribution in [3.05, 3.63) is 17.7 Å². The maximum atomic E-state index is 10.6. The molecule has 2 aromatic rings. The van der Waals surface area contributed by atoms with Crippen LogP contribution in [0.1, 0.15) is 10.4 Å². The standard InChI is InChI=1S/C8H3N3O2S/c12-3-5-1-2-6(9-4-13)8-7(5)10-14-11-8/h1-3H. The van der Waals surface area contributed by atoms with Gasteiger partial charge in [-0.25, -0.2) is 4.79 Å². The predicted molar refractivity (Wildman–Crippen MR) is 50.6 cm³/mol. The highest BCUT2D eigenvalue weighted by Gasteiger charge is 2.08. The number of aromatic nitrogens is 2. The number of isocyanates is 1. The lowest BCUT2D eigenvalue weighted by atomic mass is 10.2. The van der Waals surface area contributed by atoms with E-state index in [1.54, 1.807) is 12.1 Å². The van der Waals surface area contributed by atoms with Crippen LogP contribution in [0.2, 0.25) is 0 Å². The third-order valence-corrected chi connectivity index (χ3v) is 2.25. The largest absolute Gasteiger partial charge is 0.298 e. The van der Waals surface area contributed by atoms with E-state index >= 15 is 0 Å². The highest BCUT2D eigenvalue weighted by atomic mass is 32.1. The van der Waals surface area contributed by atoms with Gasteiger partial charge in [0.25, 0.3) is 0 Å². The molecule has 0 aliphatic heterocycles. The van der Waals surface area contributed by atoms with Crippen molar-refractivity contribution in [3.63, 3.8) is 0 Å². The first-order chi connectivity index (χ1) is 6.86. The molecular weight excluding hydrogens is 202 g/mol. The van der Waals surface area contributed by atoms with E-state index in [4.69, 9.17) is 0 Å². The summed E-state index contributed by atoms with van der Waals surface area (Å²) in [5.74, 6) is 0. The molecule has 0 amide bonds. The average Bonchev–Trinajstić information content (AvgIpc) is 2.67. The third-order valence-electron chi connectivity index (χ3n) is 1.72. The predicted octanol–water partition coefficient (Wildman–Crippen LogP) is 1.47. The molecule has 0 spiro atoms. The second-order valence-corrected chi connectivity index (χ2v) is 2.98. The fourth-order valence-corrected chi connectivity index (χ4v) is 1.68. The molecule has 0 unspecified atom stereocenters. The molecule has 1 aromatic heterocycles. The van der Waals surface area contributed by atoms with Crippen molar-refractivity contribution in [2.75, 3.05) is 0 Å². The zero-order valence-electron chi connectivity index (χ0n) is 6.80. The second-order valence-electron chi connectivity index (χ2n) is 2.46. The van der Waals surface area contributed by atoms with Gasteiger partial charge >= 0.3 is 0 Å². The topological polar surface area (TPSA) is 72.3 Å². The molecule has 1 heterocycles. The molecule has 2 rings (SSSR count). The van der Waals surface area contributed by atoms with Crippen molar-refractivity contribution in [1.82, 2.24) is 8.75 Å². The number of benzene rings is 1. The van der Waals surface area contributed by atoms with Crippen molar-refractivity contribution in [2.45, 2.75) is 0 Å². The summed E-state index contributed by atoms with van der Waals surface area (Å²) in [4.78, 5) is 24.2. The molecule has 0 saturated carbocycles. The third kappa shape index (κ3) is 1.22. The fourth-order valence-electron chi connectivity index (χ4n) is 1.11. The van der Waals surface area contributed by atoms with Crippen molar-refractivity contribution in [1.29, 1.82) is 0 Å². The molecule has 0 fully saturated rings. The minimum atomic E-state index is 0.384. The molecule has 0 aliphatic carbocycles. The maximum absolute atomic E-state index is 10.6. The molecule has 0 aliphatic rings. The highest BCUT2D eigenvalue weighted by Crippen LogP contribution is 2.25. The number of rotatable bonds is 2. The van der Waals surface area contributed by atoms with Gasteiger partial charge in [0.05, 0.1) is 11.7 Å². The van der Waals surface area contributed by atoms with E-state index < -0.39 is 0 Å². The Hall–Kier alpha value is -1.91. The number of fused-ring (bicyclic) bond motifs is 1. The Morgan fingerprint density at radius 2 is 2.14 bits per heavy atom. The van der Waals surface area contributed by atoms with Gasteiger partial charge in [0.15, 0.2) is 6.29 Å². The van der Waals surface area contributed by atoms with Gasteiger partial charge in [-0.05, 0) is 12.1 Å². The summed E-state index contributed by atoms with van der Waals surface area (Å²) in [5.41, 5.74) is 1.76. The zero-order chi connectivity index (χ0) is 9.97. The number of aldehydes is 1. The van der Waals surface area contributed by atoms with Crippen molar-refractivity contribution in [2.24, 2.45) is 4.99 Å². The van der Waals surface area contributed by atoms with E-state index in [-0.39, 0.29) is 0 Å². The highest BCUT2D eigenvalue weighted by molar-refractivity contribution is 7.00. The summed E-state index contributed by atoms with van der Waals surface area (Å²) in [7, 11) is 0. The fraction of sp³-hybridized carbons (Fsp3) is 0. The van der Waals surface area contributed by atoms with Crippen LogP contribution in [-0.2, 0) is 4.79 Å². The number of hydrogen-bond acceptors (Lipinski definition) is 6. The first-order valence-corrected chi connectivity index (χ1v) is 4.38. The molecule has 0 saturated heterocycles. The lowest BCUT2D eigenvalue weighted by molar-refractivity contribution is 0.112. The van der Waals surface area contributed by atoms with Crippen LogP contribution in [0.4, 0.5) is 5.69 Å². The summed E-state index contributed by atoms with van der Waals surface area (Å²) in [6.45, 7) is 0. The van der Waals surface area contributed by atoms with Crippen LogP contribution in [-0.4, -0.2) is 21.1 Å². The number of nitrogens with zero attached hydrogens (tertiary/aromatic N) is 3. The molecule has 0 bridgehead atoms. The normalized spacial score (nSPS) is 9.71. The van der Waals surface area contributed by atoms with Crippen molar-refractivity contribution < 1.29 is 9.59 Å². The monoisotopic (exact) mass is 205 g/mol. The quantitative estimate of drug-likeness (QED) is 0.422. The SMILES string of the molecule is O=C=Nc1ccc(C=O)c2nsnc12. The van der Waals surface area contributed by atoms with Crippen LogP contribution >= 0.6 is 11.7 Å². The first kappa shape index (κ1) is 8.68. The van der Waals surface area contributed by atoms with Gasteiger partial charge in [0, 0.05) is 5.56 Å². The van der Waals surface area contributed by atoms with E-state index in [1.807, 2.05) is 0 Å². The van der Waals surface area contributed by atoms with Crippen LogP contribution < -0.4 is 0 Å². The van der Waals surface area contributed by atoms with Gasteiger partial charge in [0.1, 0.15) is 16.7 Å². The van der Waals surface area contributed by atoms with Crippen LogP contribution in [0, 0.1) is 0 Å². The van der Waals surface area contributed by atoms with Gasteiger partial charge in [-0.3, -0.25) is 4.79 Å². The number of hydrogen-bond donors (Lipinski definition) is 0. The minimum absolute atomic E-state index is 0.384. The van der Waals surface area contributed by atoms with E-state index in [2.05, 4.69) is 13.7 Å². The van der Waals surface area contributed by atoms with Gasteiger partial charge in [-0.1, -0.05) is 0 Å². The molecule has 14 heavy (non-hydrogen) atoms. The Morgan fingerprint density at radius 1 is 1.36 bits per heavy atom. The van der Waals surface area contributed by atoms with Crippen LogP contribution in [0.15, 0.2) is 17.1 Å². The molecule has 68 valence electrons. The zero-order valence-corrected chi connectivity index (χ0v) is 7.61. The van der Waals surface area contributed by atoms with Crippen LogP contribution in [0.5, 0.6) is 0 Å². The van der Waals surface area contributed by atoms with Crippen molar-refractivity contribution >= 4 is 40.8 Å². The van der Waals surface area contributed by atoms with Gasteiger partial charge in [-0.2, -0.15) is 13.7 Å². The van der Waals surface area contributed by atoms with Crippen LogP contribution in [0.25, 0.3) is 11.0 Å². The van der Waals surface area contributed by atoms with E-state index in [0.717, 1.165) is 11.7 Å². The van der Waals surface area contributed by atoms with Gasteiger partial charge in [-0.15, -0.1) is 0 Å². The Labute approximate surface area is 82.4 Å². The number of carbonyl (C=O) groups is 1. The summed E-state index contributed by atoms with van der Waals surface area (Å²) in [5, 5.41) is 0. The average molecular weight is 205 g/mol. The molecule has 5 nitrogen and oxygen atoms in total. The molecule has 1 aromatic carbocycles. The first-order valence-electron chi connectivity index (χ1n) is 3.65. The summed E-state index contributed by atoms with van der Waals surface area (Å²) < 4.78 is 7.89. The summed E-state index contributed by atoms with van der Waals surface area (Å²) in [6, 6.07) is 3.09. The molecule has 0 N–H and O–H groups in total. The smallest absolute Gasteiger partial charge is 0.240 e. The van der Waals surface area contributed by atoms with E-state index in [9.17, 15) is 9.59 Å². The number of carbonyl (C=O) groups excluding carboxylic acids is 2. The Kier molecular flexibility index (Phi) is 2.14. The Balaban J connectivity index is 2.84. The number of aliphatic imine (C=N–C) groups is 1. The van der Waals surface area contributed by atoms with Crippen molar-refractivity contribution in [3.8, 4) is 0 Å². The van der Waals surface area contributed by atoms with Gasteiger partial charge < -0.3 is 0 Å². The Bertz CT molecular complexity index is 543. The second kappa shape index (κ2) is 3.45. The van der Waals surface area contributed by atoms with Gasteiger partial charge in [0.2, 0.25) is 6.08 Å². The van der Waals surface area contributed by atoms with Crippen LogP contribution in [0.3, 0.4) is 0 Å². The molecule has 0 radical (unpaired) electrons. The van der Waals surface area contributed by atoms with E-state index in [0.29, 0.717) is 28.6 Å².